The van der Waals surface area contributed by atoms with Gasteiger partial charge in [-0.05, 0) is 35.6 Å². The lowest BCUT2D eigenvalue weighted by atomic mass is 10.1. The second kappa shape index (κ2) is 8.90. The highest BCUT2D eigenvalue weighted by molar-refractivity contribution is 7.99. The summed E-state index contributed by atoms with van der Waals surface area (Å²) in [5.74, 6) is 0.928. The second-order valence-electron chi connectivity index (χ2n) is 6.75. The van der Waals surface area contributed by atoms with Crippen LogP contribution >= 0.6 is 23.1 Å². The number of hydrogen-bond donors (Lipinski definition) is 1. The highest BCUT2D eigenvalue weighted by Gasteiger charge is 2.21. The Hall–Kier alpha value is -2.15. The number of thiazole rings is 1. The fraction of sp³-hybridized carbons (Fsp3) is 0.273. The number of thioether (sulfide) groups is 1. The molecule has 4 rings (SSSR count). The van der Waals surface area contributed by atoms with Gasteiger partial charge >= 0.3 is 0 Å². The third-order valence-electron chi connectivity index (χ3n) is 4.71. The molecule has 3 aromatic rings. The van der Waals surface area contributed by atoms with Crippen LogP contribution in [0.4, 0.5) is 5.13 Å². The average molecular weight is 410 g/mol. The van der Waals surface area contributed by atoms with Crippen LogP contribution in [0.3, 0.4) is 0 Å². The average Bonchev–Trinajstić information content (AvgIpc) is 3.11. The van der Waals surface area contributed by atoms with Crippen LogP contribution < -0.4 is 5.32 Å². The molecule has 0 bridgehead atoms. The number of nitrogens with one attached hydrogen (secondary N) is 1. The van der Waals surface area contributed by atoms with Crippen molar-refractivity contribution in [1.82, 2.24) is 9.88 Å². The van der Waals surface area contributed by atoms with Gasteiger partial charge in [-0.15, -0.1) is 23.1 Å². The summed E-state index contributed by atoms with van der Waals surface area (Å²) < 4.78 is 0. The number of hydrogen-bond acceptors (Lipinski definition) is 5. The SMILES string of the molecule is CCSc1ccc(C(=O)Nc2nc3c(s2)CN(Cc2ccccc2)CC3)cc1. The molecule has 6 heteroatoms. The first-order chi connectivity index (χ1) is 13.7. The normalized spacial score (nSPS) is 13.9. The number of nitrogens with zero attached hydrogens (tertiary/aromatic N) is 2. The summed E-state index contributed by atoms with van der Waals surface area (Å²) in [4.78, 5) is 22.1. The maximum absolute atomic E-state index is 12.5. The minimum atomic E-state index is -0.0970. The van der Waals surface area contributed by atoms with Gasteiger partial charge in [0.1, 0.15) is 0 Å². The predicted octanol–water partition coefficient (Wildman–Crippen LogP) is 5.07. The maximum Gasteiger partial charge on any atom is 0.257 e. The standard InChI is InChI=1S/C22H23N3OS2/c1-2-27-18-10-8-17(9-11-18)21(26)24-22-23-19-12-13-25(15-20(19)28-22)14-16-6-4-3-5-7-16/h3-11H,2,12-15H2,1H3,(H,23,24,26). The van der Waals surface area contributed by atoms with E-state index in [0.29, 0.717) is 10.7 Å². The first kappa shape index (κ1) is 19.2. The predicted molar refractivity (Wildman–Crippen MR) is 117 cm³/mol. The summed E-state index contributed by atoms with van der Waals surface area (Å²) in [5, 5.41) is 3.67. The van der Waals surface area contributed by atoms with Gasteiger partial charge in [-0.3, -0.25) is 15.0 Å². The highest BCUT2D eigenvalue weighted by atomic mass is 32.2. The lowest BCUT2D eigenvalue weighted by Gasteiger charge is -2.25. The van der Waals surface area contributed by atoms with E-state index in [1.165, 1.54) is 15.3 Å². The summed E-state index contributed by atoms with van der Waals surface area (Å²) in [7, 11) is 0. The molecule has 0 aliphatic carbocycles. The summed E-state index contributed by atoms with van der Waals surface area (Å²) >= 11 is 3.37. The van der Waals surface area contributed by atoms with Crippen molar-refractivity contribution in [3.8, 4) is 0 Å². The third-order valence-corrected chi connectivity index (χ3v) is 6.60. The second-order valence-corrected chi connectivity index (χ2v) is 9.17. The van der Waals surface area contributed by atoms with Gasteiger partial charge in [-0.2, -0.15) is 0 Å². The first-order valence-corrected chi connectivity index (χ1v) is 11.3. The Labute approximate surface area is 174 Å². The Morgan fingerprint density at radius 1 is 1.18 bits per heavy atom. The Morgan fingerprint density at radius 3 is 2.71 bits per heavy atom. The van der Waals surface area contributed by atoms with Gasteiger partial charge < -0.3 is 0 Å². The van der Waals surface area contributed by atoms with Crippen LogP contribution in [0.2, 0.25) is 0 Å². The minimum absolute atomic E-state index is 0.0970. The molecule has 1 amide bonds. The van der Waals surface area contributed by atoms with Gasteiger partial charge in [0.25, 0.3) is 5.91 Å². The molecule has 0 fully saturated rings. The molecular formula is C22H23N3OS2. The summed E-state index contributed by atoms with van der Waals surface area (Å²) in [6, 6.07) is 18.3. The van der Waals surface area contributed by atoms with Crippen molar-refractivity contribution in [2.75, 3.05) is 17.6 Å². The van der Waals surface area contributed by atoms with E-state index in [1.807, 2.05) is 30.3 Å². The van der Waals surface area contributed by atoms with Crippen LogP contribution in [0.15, 0.2) is 59.5 Å². The van der Waals surface area contributed by atoms with E-state index in [1.54, 1.807) is 23.1 Å². The number of amides is 1. The number of carbonyl (C=O) groups excluding carboxylic acids is 1. The Kier molecular flexibility index (Phi) is 6.10. The van der Waals surface area contributed by atoms with E-state index in [2.05, 4.69) is 46.4 Å². The Morgan fingerprint density at radius 2 is 1.96 bits per heavy atom. The lowest BCUT2D eigenvalue weighted by Crippen LogP contribution is -2.29. The van der Waals surface area contributed by atoms with Crippen LogP contribution in [-0.4, -0.2) is 28.1 Å². The number of benzene rings is 2. The Bertz CT molecular complexity index is 938. The zero-order valence-electron chi connectivity index (χ0n) is 15.9. The van der Waals surface area contributed by atoms with Crippen LogP contribution in [0, 0.1) is 0 Å². The molecule has 28 heavy (non-hydrogen) atoms. The number of rotatable bonds is 6. The van der Waals surface area contributed by atoms with Crippen molar-refractivity contribution in [2.24, 2.45) is 0 Å². The molecular weight excluding hydrogens is 386 g/mol. The number of anilines is 1. The number of aromatic nitrogens is 1. The van der Waals surface area contributed by atoms with Gasteiger partial charge in [-0.25, -0.2) is 4.98 Å². The van der Waals surface area contributed by atoms with E-state index >= 15 is 0 Å². The van der Waals surface area contributed by atoms with Crippen molar-refractivity contribution in [3.05, 3.63) is 76.3 Å². The van der Waals surface area contributed by atoms with Gasteiger partial charge in [-0.1, -0.05) is 37.3 Å². The maximum atomic E-state index is 12.5. The first-order valence-electron chi connectivity index (χ1n) is 9.50. The Balaban J connectivity index is 1.39. The van der Waals surface area contributed by atoms with Crippen LogP contribution in [0.1, 0.15) is 33.4 Å². The van der Waals surface area contributed by atoms with E-state index in [0.717, 1.165) is 37.5 Å². The largest absolute Gasteiger partial charge is 0.298 e. The zero-order chi connectivity index (χ0) is 19.3. The molecule has 0 unspecified atom stereocenters. The minimum Gasteiger partial charge on any atom is -0.298 e. The number of carbonyl (C=O) groups is 1. The van der Waals surface area contributed by atoms with E-state index in [4.69, 9.17) is 0 Å². The van der Waals surface area contributed by atoms with E-state index in [9.17, 15) is 4.79 Å². The van der Waals surface area contributed by atoms with Gasteiger partial charge in [0.2, 0.25) is 0 Å². The summed E-state index contributed by atoms with van der Waals surface area (Å²) in [6.07, 6.45) is 0.928. The molecule has 2 aromatic carbocycles. The van der Waals surface area contributed by atoms with Gasteiger partial charge in [0, 0.05) is 41.4 Å². The fourth-order valence-corrected chi connectivity index (χ4v) is 5.02. The van der Waals surface area contributed by atoms with Crippen molar-refractivity contribution >= 4 is 34.1 Å². The van der Waals surface area contributed by atoms with E-state index in [-0.39, 0.29) is 5.91 Å². The smallest absolute Gasteiger partial charge is 0.257 e. The molecule has 0 atom stereocenters. The molecule has 0 saturated heterocycles. The fourth-order valence-electron chi connectivity index (χ4n) is 3.32. The molecule has 1 aliphatic rings. The molecule has 0 saturated carbocycles. The van der Waals surface area contributed by atoms with Crippen molar-refractivity contribution in [2.45, 2.75) is 31.3 Å². The van der Waals surface area contributed by atoms with E-state index < -0.39 is 0 Å². The van der Waals surface area contributed by atoms with Crippen LogP contribution in [-0.2, 0) is 19.5 Å². The van der Waals surface area contributed by atoms with Crippen molar-refractivity contribution in [1.29, 1.82) is 0 Å². The molecule has 1 aliphatic heterocycles. The van der Waals surface area contributed by atoms with Gasteiger partial charge in [0.15, 0.2) is 5.13 Å². The monoisotopic (exact) mass is 409 g/mol. The van der Waals surface area contributed by atoms with Crippen molar-refractivity contribution < 1.29 is 4.79 Å². The quantitative estimate of drug-likeness (QED) is 0.578. The molecule has 144 valence electrons. The molecule has 4 nitrogen and oxygen atoms in total. The number of fused-ring (bicyclic) bond motifs is 1. The van der Waals surface area contributed by atoms with Crippen molar-refractivity contribution in [3.63, 3.8) is 0 Å². The highest BCUT2D eigenvalue weighted by Crippen LogP contribution is 2.29. The van der Waals surface area contributed by atoms with Gasteiger partial charge in [0.05, 0.1) is 5.69 Å². The lowest BCUT2D eigenvalue weighted by molar-refractivity contribution is 0.102. The zero-order valence-corrected chi connectivity index (χ0v) is 17.5. The topological polar surface area (TPSA) is 45.2 Å². The van der Waals surface area contributed by atoms with Crippen LogP contribution in [0.5, 0.6) is 0 Å². The molecule has 1 aromatic heterocycles. The molecule has 0 radical (unpaired) electrons. The third kappa shape index (κ3) is 4.63. The van der Waals surface area contributed by atoms with Crippen LogP contribution in [0.25, 0.3) is 0 Å². The molecule has 0 spiro atoms. The summed E-state index contributed by atoms with van der Waals surface area (Å²) in [5.41, 5.74) is 3.12. The molecule has 2 heterocycles. The summed E-state index contributed by atoms with van der Waals surface area (Å²) in [6.45, 7) is 4.95. The molecule has 1 N–H and O–H groups in total.